The van der Waals surface area contributed by atoms with Gasteiger partial charge in [0.15, 0.2) is 0 Å². The molecule has 0 atom stereocenters. The van der Waals surface area contributed by atoms with Crippen molar-refractivity contribution in [2.75, 3.05) is 19.6 Å². The first kappa shape index (κ1) is 22.6. The Hall–Kier alpha value is -2.62. The van der Waals surface area contributed by atoms with Crippen LogP contribution >= 0.6 is 0 Å². The summed E-state index contributed by atoms with van der Waals surface area (Å²) in [5, 5.41) is 3.10. The quantitative estimate of drug-likeness (QED) is 0.687. The van der Waals surface area contributed by atoms with E-state index in [1.54, 1.807) is 0 Å². The first-order valence-corrected chi connectivity index (χ1v) is 12.2. The van der Waals surface area contributed by atoms with Gasteiger partial charge in [-0.1, -0.05) is 61.4 Å². The Kier molecular flexibility index (Phi) is 6.98. The molecule has 2 aliphatic rings. The van der Waals surface area contributed by atoms with Gasteiger partial charge in [0.1, 0.15) is 0 Å². The number of aryl methyl sites for hydroxylation is 1. The molecular formula is C28H36N2O2. The molecule has 1 aliphatic carbocycles. The summed E-state index contributed by atoms with van der Waals surface area (Å²) < 4.78 is 0. The number of hydrogen-bond acceptors (Lipinski definition) is 2. The average Bonchev–Trinajstić information content (AvgIpc) is 3.35. The average molecular weight is 433 g/mol. The normalized spacial score (nSPS) is 18.5. The third kappa shape index (κ3) is 4.60. The minimum absolute atomic E-state index is 0.132. The fourth-order valence-corrected chi connectivity index (χ4v) is 5.60. The fourth-order valence-electron chi connectivity index (χ4n) is 5.60. The second kappa shape index (κ2) is 9.89. The van der Waals surface area contributed by atoms with E-state index in [9.17, 15) is 9.59 Å². The predicted octanol–water partition coefficient (Wildman–Crippen LogP) is 5.14. The van der Waals surface area contributed by atoms with Crippen molar-refractivity contribution in [3.05, 3.63) is 59.7 Å². The van der Waals surface area contributed by atoms with Crippen LogP contribution in [0, 0.1) is 18.3 Å². The van der Waals surface area contributed by atoms with E-state index in [1.807, 2.05) is 11.8 Å². The van der Waals surface area contributed by atoms with E-state index in [0.717, 1.165) is 25.7 Å². The zero-order chi connectivity index (χ0) is 22.6. The molecule has 32 heavy (non-hydrogen) atoms. The lowest BCUT2D eigenvalue weighted by atomic mass is 9.71. The highest BCUT2D eigenvalue weighted by molar-refractivity contribution is 5.85. The van der Waals surface area contributed by atoms with Crippen molar-refractivity contribution in [3.8, 4) is 11.1 Å². The first-order valence-electron chi connectivity index (χ1n) is 12.2. The fraction of sp³-hybridized carbons (Fsp3) is 0.500. The topological polar surface area (TPSA) is 49.4 Å². The van der Waals surface area contributed by atoms with Crippen molar-refractivity contribution in [1.29, 1.82) is 0 Å². The summed E-state index contributed by atoms with van der Waals surface area (Å²) >= 11 is 0. The predicted molar refractivity (Wildman–Crippen MR) is 129 cm³/mol. The number of carbonyl (C=O) groups excluding carboxylic acids is 2. The van der Waals surface area contributed by atoms with Gasteiger partial charge in [0.25, 0.3) is 0 Å². The smallest absolute Gasteiger partial charge is 0.226 e. The van der Waals surface area contributed by atoms with Gasteiger partial charge in [-0.25, -0.2) is 0 Å². The molecule has 0 spiro atoms. The molecule has 4 rings (SSSR count). The van der Waals surface area contributed by atoms with E-state index in [4.69, 9.17) is 0 Å². The SMILES string of the molecule is CCNC(=O)C1(Cc2ccccc2-c2ccccc2C)CCN(C(=O)C2CCCC2)CC1. The monoisotopic (exact) mass is 432 g/mol. The number of benzene rings is 2. The van der Waals surface area contributed by atoms with Crippen LogP contribution in [-0.2, 0) is 16.0 Å². The van der Waals surface area contributed by atoms with Crippen LogP contribution in [0.4, 0.5) is 0 Å². The summed E-state index contributed by atoms with van der Waals surface area (Å²) in [5.74, 6) is 0.647. The number of likely N-dealkylation sites (tertiary alicyclic amines) is 1. The molecule has 0 radical (unpaired) electrons. The van der Waals surface area contributed by atoms with Crippen molar-refractivity contribution >= 4 is 11.8 Å². The molecule has 2 aromatic rings. The zero-order valence-electron chi connectivity index (χ0n) is 19.5. The number of rotatable bonds is 6. The van der Waals surface area contributed by atoms with Gasteiger partial charge < -0.3 is 10.2 Å². The maximum absolute atomic E-state index is 13.4. The summed E-state index contributed by atoms with van der Waals surface area (Å²) in [7, 11) is 0. The Bertz CT molecular complexity index is 953. The lowest BCUT2D eigenvalue weighted by Crippen LogP contribution is -2.52. The Morgan fingerprint density at radius 2 is 1.59 bits per heavy atom. The number of amides is 2. The van der Waals surface area contributed by atoms with Gasteiger partial charge in [0.2, 0.25) is 11.8 Å². The summed E-state index contributed by atoms with van der Waals surface area (Å²) in [6.45, 7) is 6.10. The molecule has 2 fully saturated rings. The van der Waals surface area contributed by atoms with Crippen LogP contribution in [0.1, 0.15) is 56.6 Å². The van der Waals surface area contributed by atoms with E-state index in [-0.39, 0.29) is 11.8 Å². The summed E-state index contributed by atoms with van der Waals surface area (Å²) in [6, 6.07) is 16.9. The lowest BCUT2D eigenvalue weighted by Gasteiger charge is -2.42. The molecule has 1 aliphatic heterocycles. The van der Waals surface area contributed by atoms with Crippen LogP contribution in [0.2, 0.25) is 0 Å². The van der Waals surface area contributed by atoms with Crippen LogP contribution in [0.25, 0.3) is 11.1 Å². The lowest BCUT2D eigenvalue weighted by molar-refractivity contribution is -0.143. The van der Waals surface area contributed by atoms with Crippen LogP contribution in [0.15, 0.2) is 48.5 Å². The van der Waals surface area contributed by atoms with E-state index in [1.165, 1.54) is 35.1 Å². The molecule has 170 valence electrons. The maximum atomic E-state index is 13.4. The number of piperidine rings is 1. The zero-order valence-corrected chi connectivity index (χ0v) is 19.5. The van der Waals surface area contributed by atoms with Gasteiger partial charge in [-0.2, -0.15) is 0 Å². The van der Waals surface area contributed by atoms with Crippen LogP contribution in [-0.4, -0.2) is 36.3 Å². The molecule has 0 bridgehead atoms. The number of nitrogens with one attached hydrogen (secondary N) is 1. The molecule has 1 heterocycles. The highest BCUT2D eigenvalue weighted by Gasteiger charge is 2.43. The van der Waals surface area contributed by atoms with Gasteiger partial charge in [-0.15, -0.1) is 0 Å². The minimum atomic E-state index is -0.471. The molecule has 1 N–H and O–H groups in total. The molecule has 2 aromatic carbocycles. The molecule has 4 heteroatoms. The van der Waals surface area contributed by atoms with E-state index in [2.05, 4.69) is 60.8 Å². The van der Waals surface area contributed by atoms with E-state index >= 15 is 0 Å². The van der Waals surface area contributed by atoms with Crippen molar-refractivity contribution < 1.29 is 9.59 Å². The summed E-state index contributed by atoms with van der Waals surface area (Å²) in [6.07, 6.45) is 6.54. The third-order valence-corrected chi connectivity index (χ3v) is 7.54. The van der Waals surface area contributed by atoms with Crippen molar-refractivity contribution in [2.24, 2.45) is 11.3 Å². The maximum Gasteiger partial charge on any atom is 0.226 e. The highest BCUT2D eigenvalue weighted by Crippen LogP contribution is 2.39. The third-order valence-electron chi connectivity index (χ3n) is 7.54. The minimum Gasteiger partial charge on any atom is -0.356 e. The van der Waals surface area contributed by atoms with Gasteiger partial charge in [-0.3, -0.25) is 9.59 Å². The summed E-state index contributed by atoms with van der Waals surface area (Å²) in [4.78, 5) is 28.4. The van der Waals surface area contributed by atoms with Crippen LogP contribution in [0.5, 0.6) is 0 Å². The Morgan fingerprint density at radius 3 is 2.25 bits per heavy atom. The van der Waals surface area contributed by atoms with E-state index in [0.29, 0.717) is 32.0 Å². The Labute approximate surface area is 192 Å². The first-order chi connectivity index (χ1) is 15.5. The van der Waals surface area contributed by atoms with E-state index < -0.39 is 5.41 Å². The number of hydrogen-bond donors (Lipinski definition) is 1. The number of nitrogens with zero attached hydrogens (tertiary/aromatic N) is 1. The molecule has 1 saturated heterocycles. The van der Waals surface area contributed by atoms with Crippen LogP contribution in [0.3, 0.4) is 0 Å². The van der Waals surface area contributed by atoms with Gasteiger partial charge in [0.05, 0.1) is 5.41 Å². The largest absolute Gasteiger partial charge is 0.356 e. The molecular weight excluding hydrogens is 396 g/mol. The Morgan fingerprint density at radius 1 is 0.969 bits per heavy atom. The molecule has 0 unspecified atom stereocenters. The van der Waals surface area contributed by atoms with Gasteiger partial charge in [-0.05, 0) is 68.2 Å². The molecule has 2 amide bonds. The summed E-state index contributed by atoms with van der Waals surface area (Å²) in [5.41, 5.74) is 4.41. The molecule has 0 aromatic heterocycles. The van der Waals surface area contributed by atoms with Crippen molar-refractivity contribution in [3.63, 3.8) is 0 Å². The van der Waals surface area contributed by atoms with Crippen molar-refractivity contribution in [1.82, 2.24) is 10.2 Å². The second-order valence-corrected chi connectivity index (χ2v) is 9.60. The molecule has 1 saturated carbocycles. The van der Waals surface area contributed by atoms with Gasteiger partial charge >= 0.3 is 0 Å². The highest BCUT2D eigenvalue weighted by atomic mass is 16.2. The number of carbonyl (C=O) groups is 2. The second-order valence-electron chi connectivity index (χ2n) is 9.60. The van der Waals surface area contributed by atoms with Gasteiger partial charge in [0, 0.05) is 25.6 Å². The van der Waals surface area contributed by atoms with Crippen LogP contribution < -0.4 is 5.32 Å². The standard InChI is InChI=1S/C28H36N2O2/c1-3-29-27(32)28(16-18-30(19-17-28)26(31)22-11-5-6-12-22)20-23-13-7-9-15-25(23)24-14-8-4-10-21(24)2/h4,7-10,13-15,22H,3,5-6,11-12,16-20H2,1-2H3,(H,29,32). The molecule has 4 nitrogen and oxygen atoms in total. The van der Waals surface area contributed by atoms with Crippen molar-refractivity contribution in [2.45, 2.75) is 58.8 Å². The Balaban J connectivity index is 1.59.